The quantitative estimate of drug-likeness (QED) is 0.846. The molecule has 18 heavy (non-hydrogen) atoms. The van der Waals surface area contributed by atoms with E-state index in [0.717, 1.165) is 11.3 Å². The van der Waals surface area contributed by atoms with Gasteiger partial charge in [-0.1, -0.05) is 0 Å². The van der Waals surface area contributed by atoms with Gasteiger partial charge >= 0.3 is 6.01 Å². The lowest BCUT2D eigenvalue weighted by Gasteiger charge is -2.16. The molecule has 0 atom stereocenters. The maximum atomic E-state index is 5.80. The third-order valence-corrected chi connectivity index (χ3v) is 2.64. The molecule has 7 heteroatoms. The largest absolute Gasteiger partial charge is 0.469 e. The van der Waals surface area contributed by atoms with Crippen LogP contribution in [0.25, 0.3) is 0 Å². The van der Waals surface area contributed by atoms with Crippen molar-refractivity contribution in [1.82, 2.24) is 15.0 Å². The molecular formula is C11H13ClN4O2. The minimum Gasteiger partial charge on any atom is -0.469 e. The Labute approximate surface area is 110 Å². The molecule has 0 bridgehead atoms. The summed E-state index contributed by atoms with van der Waals surface area (Å²) in [5.41, 5.74) is 1.06. The van der Waals surface area contributed by atoms with Crippen molar-refractivity contribution in [3.8, 4) is 6.01 Å². The van der Waals surface area contributed by atoms with E-state index < -0.39 is 0 Å². The molecule has 0 aliphatic carbocycles. The van der Waals surface area contributed by atoms with Gasteiger partial charge in [0.05, 0.1) is 13.4 Å². The number of aromatic nitrogens is 3. The van der Waals surface area contributed by atoms with E-state index in [0.29, 0.717) is 12.5 Å². The number of ether oxygens (including phenoxy) is 1. The Morgan fingerprint density at radius 2 is 2.17 bits per heavy atom. The van der Waals surface area contributed by atoms with Gasteiger partial charge in [-0.15, -0.1) is 0 Å². The summed E-state index contributed by atoms with van der Waals surface area (Å²) in [5.74, 6) is 1.32. The molecule has 2 aromatic heterocycles. The second-order valence-corrected chi connectivity index (χ2v) is 4.09. The van der Waals surface area contributed by atoms with Gasteiger partial charge in [0.25, 0.3) is 0 Å². The Morgan fingerprint density at radius 3 is 2.78 bits per heavy atom. The van der Waals surface area contributed by atoms with Crippen molar-refractivity contribution in [3.63, 3.8) is 0 Å². The highest BCUT2D eigenvalue weighted by molar-refractivity contribution is 6.28. The Kier molecular flexibility index (Phi) is 3.66. The number of aryl methyl sites for hydroxylation is 1. The van der Waals surface area contributed by atoms with Gasteiger partial charge in [-0.3, -0.25) is 0 Å². The van der Waals surface area contributed by atoms with E-state index in [4.69, 9.17) is 20.8 Å². The van der Waals surface area contributed by atoms with Crippen molar-refractivity contribution in [1.29, 1.82) is 0 Å². The molecule has 0 saturated carbocycles. The van der Waals surface area contributed by atoms with Crippen LogP contribution in [0.3, 0.4) is 0 Å². The Hall–Kier alpha value is -1.82. The fourth-order valence-corrected chi connectivity index (χ4v) is 1.63. The number of nitrogens with zero attached hydrogens (tertiary/aromatic N) is 4. The Balaban J connectivity index is 2.20. The van der Waals surface area contributed by atoms with Gasteiger partial charge < -0.3 is 14.1 Å². The Morgan fingerprint density at radius 1 is 1.39 bits per heavy atom. The molecule has 2 aromatic rings. The molecule has 0 aromatic carbocycles. The summed E-state index contributed by atoms with van der Waals surface area (Å²) >= 11 is 5.80. The predicted molar refractivity (Wildman–Crippen MR) is 66.9 cm³/mol. The summed E-state index contributed by atoms with van der Waals surface area (Å²) in [6, 6.07) is 2.10. The van der Waals surface area contributed by atoms with Crippen molar-refractivity contribution in [2.45, 2.75) is 13.5 Å². The fourth-order valence-electron chi connectivity index (χ4n) is 1.49. The molecule has 0 radical (unpaired) electrons. The van der Waals surface area contributed by atoms with Crippen molar-refractivity contribution in [3.05, 3.63) is 28.9 Å². The molecule has 96 valence electrons. The van der Waals surface area contributed by atoms with E-state index in [9.17, 15) is 0 Å². The van der Waals surface area contributed by atoms with Crippen molar-refractivity contribution in [2.75, 3.05) is 19.1 Å². The summed E-state index contributed by atoms with van der Waals surface area (Å²) in [6.07, 6.45) is 1.65. The van der Waals surface area contributed by atoms with Gasteiger partial charge in [0.15, 0.2) is 0 Å². The first-order valence-corrected chi connectivity index (χ1v) is 5.67. The van der Waals surface area contributed by atoms with E-state index in [1.54, 1.807) is 6.26 Å². The van der Waals surface area contributed by atoms with Crippen LogP contribution in [0.5, 0.6) is 6.01 Å². The topological polar surface area (TPSA) is 64.3 Å². The molecule has 0 aliphatic rings. The fraction of sp³-hybridized carbons (Fsp3) is 0.364. The van der Waals surface area contributed by atoms with Crippen molar-refractivity contribution in [2.24, 2.45) is 0 Å². The molecule has 2 heterocycles. The van der Waals surface area contributed by atoms with Crippen LogP contribution < -0.4 is 9.64 Å². The average molecular weight is 269 g/mol. The second-order valence-electron chi connectivity index (χ2n) is 3.75. The minimum atomic E-state index is 0.104. The molecule has 0 N–H and O–H groups in total. The highest BCUT2D eigenvalue weighted by Crippen LogP contribution is 2.17. The molecule has 0 aliphatic heterocycles. The van der Waals surface area contributed by atoms with Crippen molar-refractivity contribution < 1.29 is 9.15 Å². The van der Waals surface area contributed by atoms with E-state index in [-0.39, 0.29) is 11.3 Å². The SMILES string of the molecule is COc1nc(Cl)nc(N(C)Cc2ccoc2C)n1. The molecule has 0 saturated heterocycles. The molecule has 6 nitrogen and oxygen atoms in total. The van der Waals surface area contributed by atoms with E-state index in [1.165, 1.54) is 7.11 Å². The van der Waals surface area contributed by atoms with Crippen molar-refractivity contribution >= 4 is 17.5 Å². The number of methoxy groups -OCH3 is 1. The second kappa shape index (κ2) is 5.22. The van der Waals surface area contributed by atoms with Crippen LogP contribution >= 0.6 is 11.6 Å². The molecule has 0 amide bonds. The highest BCUT2D eigenvalue weighted by Gasteiger charge is 2.12. The van der Waals surface area contributed by atoms with Crippen LogP contribution in [0.1, 0.15) is 11.3 Å². The van der Waals surface area contributed by atoms with Gasteiger partial charge in [0, 0.05) is 19.2 Å². The third kappa shape index (κ3) is 2.70. The van der Waals surface area contributed by atoms with E-state index in [2.05, 4.69) is 15.0 Å². The molecule has 0 fully saturated rings. The number of halogens is 1. The van der Waals surface area contributed by atoms with Crippen LogP contribution in [-0.2, 0) is 6.54 Å². The van der Waals surface area contributed by atoms with Crippen LogP contribution in [0.15, 0.2) is 16.7 Å². The lowest BCUT2D eigenvalue weighted by Crippen LogP contribution is -2.20. The molecular weight excluding hydrogens is 256 g/mol. The first kappa shape index (κ1) is 12.6. The standard InChI is InChI=1S/C11H13ClN4O2/c1-7-8(4-5-18-7)6-16(2)10-13-9(12)14-11(15-10)17-3/h4-5H,6H2,1-3H3. The number of hydrogen-bond donors (Lipinski definition) is 0. The first-order chi connectivity index (χ1) is 8.60. The smallest absolute Gasteiger partial charge is 0.322 e. The van der Waals surface area contributed by atoms with Crippen LogP contribution in [0.4, 0.5) is 5.95 Å². The number of anilines is 1. The van der Waals surface area contributed by atoms with Crippen LogP contribution in [0, 0.1) is 6.92 Å². The molecule has 0 spiro atoms. The summed E-state index contributed by atoms with van der Waals surface area (Å²) in [5, 5.41) is 0.104. The number of rotatable bonds is 4. The van der Waals surface area contributed by atoms with Gasteiger partial charge in [0.2, 0.25) is 11.2 Å². The highest BCUT2D eigenvalue weighted by atomic mass is 35.5. The monoisotopic (exact) mass is 268 g/mol. The predicted octanol–water partition coefficient (Wildman–Crippen LogP) is 2.07. The lowest BCUT2D eigenvalue weighted by atomic mass is 10.2. The minimum absolute atomic E-state index is 0.104. The van der Waals surface area contributed by atoms with Gasteiger partial charge in [0.1, 0.15) is 5.76 Å². The lowest BCUT2D eigenvalue weighted by molar-refractivity contribution is 0.378. The van der Waals surface area contributed by atoms with Crippen LogP contribution in [0.2, 0.25) is 5.28 Å². The van der Waals surface area contributed by atoms with Gasteiger partial charge in [-0.05, 0) is 24.6 Å². The summed E-state index contributed by atoms with van der Waals surface area (Å²) in [7, 11) is 3.34. The molecule has 2 rings (SSSR count). The Bertz CT molecular complexity index is 544. The number of furan rings is 1. The van der Waals surface area contributed by atoms with Crippen LogP contribution in [-0.4, -0.2) is 29.1 Å². The summed E-state index contributed by atoms with van der Waals surface area (Å²) in [6.45, 7) is 2.52. The normalized spacial score (nSPS) is 10.4. The van der Waals surface area contributed by atoms with Gasteiger partial charge in [-0.25, -0.2) is 0 Å². The molecule has 0 unspecified atom stereocenters. The summed E-state index contributed by atoms with van der Waals surface area (Å²) < 4.78 is 10.2. The maximum Gasteiger partial charge on any atom is 0.322 e. The zero-order valence-corrected chi connectivity index (χ0v) is 11.1. The van der Waals surface area contributed by atoms with Gasteiger partial charge in [-0.2, -0.15) is 15.0 Å². The summed E-state index contributed by atoms with van der Waals surface area (Å²) in [4.78, 5) is 13.8. The number of hydrogen-bond acceptors (Lipinski definition) is 6. The third-order valence-electron chi connectivity index (χ3n) is 2.47. The zero-order chi connectivity index (χ0) is 13.1. The zero-order valence-electron chi connectivity index (χ0n) is 10.3. The van der Waals surface area contributed by atoms with E-state index in [1.807, 2.05) is 24.9 Å². The van der Waals surface area contributed by atoms with E-state index >= 15 is 0 Å². The maximum absolute atomic E-state index is 5.80. The first-order valence-electron chi connectivity index (χ1n) is 5.30. The average Bonchev–Trinajstić information content (AvgIpc) is 2.74.